The highest BCUT2D eigenvalue weighted by Crippen LogP contribution is 2.26. The van der Waals surface area contributed by atoms with Gasteiger partial charge in [-0.1, -0.05) is 39.3 Å². The Morgan fingerprint density at radius 1 is 1.30 bits per heavy atom. The number of hydrogen-bond donors (Lipinski definition) is 1. The van der Waals surface area contributed by atoms with E-state index in [2.05, 4.69) is 50.0 Å². The molecule has 0 aliphatic carbocycles. The average molecular weight is 323 g/mol. The van der Waals surface area contributed by atoms with Gasteiger partial charge in [0.1, 0.15) is 5.76 Å². The first-order valence-corrected chi connectivity index (χ1v) is 8.86. The summed E-state index contributed by atoms with van der Waals surface area (Å²) in [6, 6.07) is 0.0241. The molecule has 0 fully saturated rings. The maximum Gasteiger partial charge on any atom is 0.274 e. The fourth-order valence-corrected chi connectivity index (χ4v) is 3.43. The van der Waals surface area contributed by atoms with E-state index in [1.165, 1.54) is 0 Å². The minimum Gasteiger partial charge on any atom is -0.360 e. The van der Waals surface area contributed by atoms with Gasteiger partial charge in [0, 0.05) is 23.6 Å². The SMILES string of the molecule is CCCC(C)(C(C)NC(=O)c1noc(CC)c1C)N(CC)CC. The van der Waals surface area contributed by atoms with Crippen LogP contribution in [0.5, 0.6) is 0 Å². The van der Waals surface area contributed by atoms with E-state index in [0.29, 0.717) is 5.69 Å². The van der Waals surface area contributed by atoms with E-state index < -0.39 is 0 Å². The van der Waals surface area contributed by atoms with Gasteiger partial charge in [-0.3, -0.25) is 9.69 Å². The van der Waals surface area contributed by atoms with Crippen molar-refractivity contribution in [3.63, 3.8) is 0 Å². The molecule has 5 heteroatoms. The second-order valence-electron chi connectivity index (χ2n) is 6.41. The lowest BCUT2D eigenvalue weighted by Gasteiger charge is -2.45. The Balaban J connectivity index is 2.95. The van der Waals surface area contributed by atoms with Crippen LogP contribution in [0.3, 0.4) is 0 Å². The number of carbonyl (C=O) groups is 1. The van der Waals surface area contributed by atoms with Crippen LogP contribution in [-0.2, 0) is 6.42 Å². The molecule has 1 N–H and O–H groups in total. The van der Waals surface area contributed by atoms with Gasteiger partial charge < -0.3 is 9.84 Å². The summed E-state index contributed by atoms with van der Waals surface area (Å²) >= 11 is 0. The van der Waals surface area contributed by atoms with Crippen LogP contribution in [0.2, 0.25) is 0 Å². The largest absolute Gasteiger partial charge is 0.360 e. The first kappa shape index (κ1) is 19.7. The number of aryl methyl sites for hydroxylation is 1. The van der Waals surface area contributed by atoms with Crippen LogP contribution in [0.25, 0.3) is 0 Å². The summed E-state index contributed by atoms with van der Waals surface area (Å²) in [5, 5.41) is 7.10. The molecular weight excluding hydrogens is 290 g/mol. The van der Waals surface area contributed by atoms with Crippen molar-refractivity contribution < 1.29 is 9.32 Å². The molecule has 0 aliphatic rings. The third kappa shape index (κ3) is 4.14. The third-order valence-electron chi connectivity index (χ3n) is 5.08. The molecule has 0 aliphatic heterocycles. The van der Waals surface area contributed by atoms with Crippen LogP contribution in [0.4, 0.5) is 0 Å². The number of rotatable bonds is 9. The summed E-state index contributed by atoms with van der Waals surface area (Å²) in [6.07, 6.45) is 2.86. The predicted molar refractivity (Wildman–Crippen MR) is 93.8 cm³/mol. The number of hydrogen-bond acceptors (Lipinski definition) is 4. The Hall–Kier alpha value is -1.36. The van der Waals surface area contributed by atoms with E-state index in [4.69, 9.17) is 4.52 Å². The van der Waals surface area contributed by atoms with E-state index in [1.807, 2.05) is 13.8 Å². The Morgan fingerprint density at radius 2 is 1.91 bits per heavy atom. The molecule has 1 aromatic rings. The molecule has 0 aromatic carbocycles. The molecule has 132 valence electrons. The number of likely N-dealkylation sites (N-methyl/N-ethyl adjacent to an activating group) is 1. The van der Waals surface area contributed by atoms with Gasteiger partial charge in [-0.15, -0.1) is 0 Å². The minimum absolute atomic E-state index is 0.0241. The summed E-state index contributed by atoms with van der Waals surface area (Å²) in [7, 11) is 0. The summed E-state index contributed by atoms with van der Waals surface area (Å²) in [6.45, 7) is 16.7. The van der Waals surface area contributed by atoms with Crippen LogP contribution in [0.1, 0.15) is 76.2 Å². The minimum atomic E-state index is -0.145. The van der Waals surface area contributed by atoms with Crippen molar-refractivity contribution in [3.8, 4) is 0 Å². The Morgan fingerprint density at radius 3 is 2.35 bits per heavy atom. The highest BCUT2D eigenvalue weighted by molar-refractivity contribution is 5.93. The zero-order valence-electron chi connectivity index (χ0n) is 15.8. The maximum atomic E-state index is 12.6. The van der Waals surface area contributed by atoms with E-state index in [1.54, 1.807) is 0 Å². The van der Waals surface area contributed by atoms with Crippen LogP contribution >= 0.6 is 0 Å². The second kappa shape index (κ2) is 8.48. The van der Waals surface area contributed by atoms with E-state index in [9.17, 15) is 4.79 Å². The zero-order valence-corrected chi connectivity index (χ0v) is 15.8. The Kier molecular flexibility index (Phi) is 7.26. The monoisotopic (exact) mass is 323 g/mol. The first-order valence-electron chi connectivity index (χ1n) is 8.86. The average Bonchev–Trinajstić information content (AvgIpc) is 2.89. The Bertz CT molecular complexity index is 508. The number of amides is 1. The van der Waals surface area contributed by atoms with Gasteiger partial charge in [0.05, 0.1) is 0 Å². The van der Waals surface area contributed by atoms with Crippen molar-refractivity contribution in [1.29, 1.82) is 0 Å². The summed E-state index contributed by atoms with van der Waals surface area (Å²) in [5.41, 5.74) is 1.18. The molecule has 2 atom stereocenters. The van der Waals surface area contributed by atoms with Crippen LogP contribution in [0, 0.1) is 6.92 Å². The van der Waals surface area contributed by atoms with E-state index in [-0.39, 0.29) is 17.5 Å². The molecule has 2 unspecified atom stereocenters. The topological polar surface area (TPSA) is 58.4 Å². The van der Waals surface area contributed by atoms with Crippen molar-refractivity contribution in [2.24, 2.45) is 0 Å². The van der Waals surface area contributed by atoms with Crippen LogP contribution < -0.4 is 5.32 Å². The summed E-state index contributed by atoms with van der Waals surface area (Å²) in [4.78, 5) is 15.0. The van der Waals surface area contributed by atoms with Gasteiger partial charge in [0.2, 0.25) is 0 Å². The van der Waals surface area contributed by atoms with E-state index in [0.717, 1.165) is 43.7 Å². The smallest absolute Gasteiger partial charge is 0.274 e. The fourth-order valence-electron chi connectivity index (χ4n) is 3.43. The molecule has 1 rings (SSSR count). The standard InChI is InChI=1S/C18H33N3O2/c1-8-12-18(7,21(10-3)11-4)14(6)19-17(22)16-13(5)15(9-2)23-20-16/h14H,8-12H2,1-7H3,(H,19,22). The maximum absolute atomic E-state index is 12.6. The molecule has 0 bridgehead atoms. The van der Waals surface area contributed by atoms with Gasteiger partial charge in [-0.2, -0.15) is 0 Å². The molecule has 0 radical (unpaired) electrons. The van der Waals surface area contributed by atoms with Crippen molar-refractivity contribution >= 4 is 5.91 Å². The van der Waals surface area contributed by atoms with Gasteiger partial charge in [0.15, 0.2) is 5.69 Å². The molecule has 0 saturated heterocycles. The zero-order chi connectivity index (χ0) is 17.6. The lowest BCUT2D eigenvalue weighted by Crippen LogP contribution is -2.59. The third-order valence-corrected chi connectivity index (χ3v) is 5.08. The van der Waals surface area contributed by atoms with Gasteiger partial charge in [0.25, 0.3) is 5.91 Å². The quantitative estimate of drug-likeness (QED) is 0.755. The molecule has 5 nitrogen and oxygen atoms in total. The lowest BCUT2D eigenvalue weighted by molar-refractivity contribution is 0.0616. The number of nitrogens with one attached hydrogen (secondary N) is 1. The number of carbonyl (C=O) groups excluding carboxylic acids is 1. The summed E-state index contributed by atoms with van der Waals surface area (Å²) < 4.78 is 5.25. The highest BCUT2D eigenvalue weighted by atomic mass is 16.5. The lowest BCUT2D eigenvalue weighted by atomic mass is 9.86. The number of aromatic nitrogens is 1. The molecule has 0 saturated carbocycles. The van der Waals surface area contributed by atoms with E-state index >= 15 is 0 Å². The Labute approximate surface area is 140 Å². The fraction of sp³-hybridized carbons (Fsp3) is 0.778. The van der Waals surface area contributed by atoms with Crippen molar-refractivity contribution in [2.45, 2.75) is 79.3 Å². The molecular formula is C18H33N3O2. The van der Waals surface area contributed by atoms with Gasteiger partial charge >= 0.3 is 0 Å². The predicted octanol–water partition coefficient (Wildman–Crippen LogP) is 3.56. The van der Waals surface area contributed by atoms with Crippen molar-refractivity contribution in [3.05, 3.63) is 17.0 Å². The normalized spacial score (nSPS) is 15.5. The molecule has 1 amide bonds. The molecule has 0 spiro atoms. The van der Waals surface area contributed by atoms with Crippen LogP contribution in [-0.4, -0.2) is 40.6 Å². The highest BCUT2D eigenvalue weighted by Gasteiger charge is 2.36. The van der Waals surface area contributed by atoms with Gasteiger partial charge in [-0.25, -0.2) is 0 Å². The first-order chi connectivity index (χ1) is 10.8. The molecule has 23 heavy (non-hydrogen) atoms. The second-order valence-corrected chi connectivity index (χ2v) is 6.41. The summed E-state index contributed by atoms with van der Waals surface area (Å²) in [5.74, 6) is 0.635. The van der Waals surface area contributed by atoms with Gasteiger partial charge in [-0.05, 0) is 40.3 Å². The van der Waals surface area contributed by atoms with Crippen molar-refractivity contribution in [2.75, 3.05) is 13.1 Å². The number of nitrogens with zero attached hydrogens (tertiary/aromatic N) is 2. The molecule has 1 heterocycles. The molecule has 1 aromatic heterocycles. The van der Waals surface area contributed by atoms with Crippen LogP contribution in [0.15, 0.2) is 4.52 Å². The van der Waals surface area contributed by atoms with Crippen molar-refractivity contribution in [1.82, 2.24) is 15.4 Å².